The third-order valence-corrected chi connectivity index (χ3v) is 4.75. The molecule has 0 saturated carbocycles. The van der Waals surface area contributed by atoms with Gasteiger partial charge in [-0.05, 0) is 42.6 Å². The summed E-state index contributed by atoms with van der Waals surface area (Å²) in [6, 6.07) is 5.92. The Bertz CT molecular complexity index is 958. The third kappa shape index (κ3) is 4.33. The van der Waals surface area contributed by atoms with Gasteiger partial charge in [0, 0.05) is 39.0 Å². The lowest BCUT2D eigenvalue weighted by molar-refractivity contribution is 0.475. The first kappa shape index (κ1) is 19.0. The Kier molecular flexibility index (Phi) is 5.85. The van der Waals surface area contributed by atoms with E-state index in [2.05, 4.69) is 15.6 Å². The van der Waals surface area contributed by atoms with E-state index in [4.69, 9.17) is 0 Å². The SMILES string of the molecule is CN=Cc1ccc(F)cc1Cn1c(N[C@@H]2CCCNC2)cc(=O)n(C)c1=O. The highest BCUT2D eigenvalue weighted by atomic mass is 19.1. The molecule has 144 valence electrons. The van der Waals surface area contributed by atoms with Crippen LogP contribution in [0.25, 0.3) is 0 Å². The molecule has 8 heteroatoms. The minimum atomic E-state index is -0.447. The predicted octanol–water partition coefficient (Wildman–Crippen LogP) is 0.947. The number of piperidine rings is 1. The number of halogens is 1. The maximum atomic E-state index is 13.8. The number of hydrogen-bond donors (Lipinski definition) is 2. The van der Waals surface area contributed by atoms with E-state index >= 15 is 0 Å². The van der Waals surface area contributed by atoms with E-state index in [1.54, 1.807) is 19.3 Å². The van der Waals surface area contributed by atoms with E-state index in [1.165, 1.54) is 29.8 Å². The highest BCUT2D eigenvalue weighted by Crippen LogP contribution is 2.15. The lowest BCUT2D eigenvalue weighted by Gasteiger charge is -2.26. The number of benzene rings is 1. The molecule has 1 saturated heterocycles. The van der Waals surface area contributed by atoms with Crippen LogP contribution in [0.1, 0.15) is 24.0 Å². The zero-order valence-corrected chi connectivity index (χ0v) is 15.5. The Morgan fingerprint density at radius 2 is 2.19 bits per heavy atom. The van der Waals surface area contributed by atoms with Gasteiger partial charge < -0.3 is 10.6 Å². The largest absolute Gasteiger partial charge is 0.367 e. The van der Waals surface area contributed by atoms with Gasteiger partial charge in [0.2, 0.25) is 0 Å². The Balaban J connectivity index is 2.04. The van der Waals surface area contributed by atoms with Crippen molar-refractivity contribution in [3.05, 3.63) is 62.0 Å². The second kappa shape index (κ2) is 8.30. The highest BCUT2D eigenvalue weighted by molar-refractivity contribution is 5.81. The molecule has 1 aromatic carbocycles. The second-order valence-electron chi connectivity index (χ2n) is 6.71. The molecular weight excluding hydrogens is 349 g/mol. The zero-order chi connectivity index (χ0) is 19.4. The molecule has 1 aliphatic rings. The number of rotatable bonds is 5. The van der Waals surface area contributed by atoms with Crippen molar-refractivity contribution < 1.29 is 4.39 Å². The monoisotopic (exact) mass is 373 g/mol. The number of anilines is 1. The molecule has 2 heterocycles. The van der Waals surface area contributed by atoms with Gasteiger partial charge in [-0.25, -0.2) is 9.18 Å². The molecule has 1 aliphatic heterocycles. The highest BCUT2D eigenvalue weighted by Gasteiger charge is 2.17. The fourth-order valence-electron chi connectivity index (χ4n) is 3.27. The zero-order valence-electron chi connectivity index (χ0n) is 15.5. The van der Waals surface area contributed by atoms with E-state index < -0.39 is 5.69 Å². The lowest BCUT2D eigenvalue weighted by atomic mass is 10.1. The molecule has 0 aliphatic carbocycles. The van der Waals surface area contributed by atoms with Crippen LogP contribution in [-0.4, -0.2) is 41.5 Å². The molecule has 7 nitrogen and oxygen atoms in total. The lowest BCUT2D eigenvalue weighted by Crippen LogP contribution is -2.43. The van der Waals surface area contributed by atoms with Crippen molar-refractivity contribution in [2.24, 2.45) is 12.0 Å². The van der Waals surface area contributed by atoms with Crippen LogP contribution in [0, 0.1) is 5.82 Å². The van der Waals surface area contributed by atoms with Crippen molar-refractivity contribution in [1.29, 1.82) is 0 Å². The van der Waals surface area contributed by atoms with Crippen molar-refractivity contribution in [2.45, 2.75) is 25.4 Å². The molecule has 0 amide bonds. The molecule has 0 radical (unpaired) electrons. The van der Waals surface area contributed by atoms with Gasteiger partial charge in [-0.3, -0.25) is 18.9 Å². The topological polar surface area (TPSA) is 80.4 Å². The summed E-state index contributed by atoms with van der Waals surface area (Å²) in [6.07, 6.45) is 3.60. The van der Waals surface area contributed by atoms with Crippen molar-refractivity contribution >= 4 is 12.0 Å². The van der Waals surface area contributed by atoms with E-state index in [-0.39, 0.29) is 24.0 Å². The first-order chi connectivity index (χ1) is 13.0. The summed E-state index contributed by atoms with van der Waals surface area (Å²) in [5.74, 6) is 0.0579. The van der Waals surface area contributed by atoms with Crippen molar-refractivity contribution in [1.82, 2.24) is 14.5 Å². The maximum Gasteiger partial charge on any atom is 0.332 e. The summed E-state index contributed by atoms with van der Waals surface area (Å²) in [5.41, 5.74) is 0.519. The normalized spacial score (nSPS) is 17.4. The average molecular weight is 373 g/mol. The standard InChI is InChI=1S/C19H24FN5O2/c1-21-10-13-5-6-15(20)8-14(13)12-25-17(9-18(26)24(2)19(25)27)23-16-4-3-7-22-11-16/h5-6,8-10,16,22-23H,3-4,7,11-12H2,1-2H3/t16-/m1/s1. The van der Waals surface area contributed by atoms with Crippen LogP contribution < -0.4 is 21.9 Å². The number of nitrogens with one attached hydrogen (secondary N) is 2. The summed E-state index contributed by atoms with van der Waals surface area (Å²) in [6.45, 7) is 1.86. The van der Waals surface area contributed by atoms with Gasteiger partial charge in [0.25, 0.3) is 5.56 Å². The summed E-state index contributed by atoms with van der Waals surface area (Å²) < 4.78 is 16.3. The average Bonchev–Trinajstić information content (AvgIpc) is 2.66. The molecule has 2 N–H and O–H groups in total. The summed E-state index contributed by atoms with van der Waals surface area (Å²) >= 11 is 0. The van der Waals surface area contributed by atoms with Crippen LogP contribution in [0.5, 0.6) is 0 Å². The quantitative estimate of drug-likeness (QED) is 0.765. The van der Waals surface area contributed by atoms with Gasteiger partial charge in [0.1, 0.15) is 11.6 Å². The van der Waals surface area contributed by atoms with E-state index in [0.29, 0.717) is 11.4 Å². The molecule has 1 aromatic heterocycles. The predicted molar refractivity (Wildman–Crippen MR) is 104 cm³/mol. The Morgan fingerprint density at radius 1 is 1.37 bits per heavy atom. The molecule has 0 spiro atoms. The smallest absolute Gasteiger partial charge is 0.332 e. The summed E-state index contributed by atoms with van der Waals surface area (Å²) in [5, 5.41) is 6.60. The van der Waals surface area contributed by atoms with Gasteiger partial charge in [0.05, 0.1) is 6.54 Å². The van der Waals surface area contributed by atoms with E-state index in [1.807, 2.05) is 0 Å². The fraction of sp³-hybridized carbons (Fsp3) is 0.421. The minimum absolute atomic E-state index is 0.126. The summed E-state index contributed by atoms with van der Waals surface area (Å²) in [7, 11) is 3.07. The molecule has 2 aromatic rings. The van der Waals surface area contributed by atoms with Gasteiger partial charge >= 0.3 is 5.69 Å². The van der Waals surface area contributed by atoms with Crippen LogP contribution in [-0.2, 0) is 13.6 Å². The van der Waals surface area contributed by atoms with E-state index in [9.17, 15) is 14.0 Å². The number of aliphatic imine (C=N–C) groups is 1. The molecular formula is C19H24FN5O2. The van der Waals surface area contributed by atoms with Crippen molar-refractivity contribution in [2.75, 3.05) is 25.5 Å². The third-order valence-electron chi connectivity index (χ3n) is 4.75. The fourth-order valence-corrected chi connectivity index (χ4v) is 3.27. The van der Waals surface area contributed by atoms with Gasteiger partial charge in [-0.1, -0.05) is 6.07 Å². The van der Waals surface area contributed by atoms with Gasteiger partial charge in [-0.2, -0.15) is 0 Å². The number of nitrogens with zero attached hydrogens (tertiary/aromatic N) is 3. The Hall–Kier alpha value is -2.74. The summed E-state index contributed by atoms with van der Waals surface area (Å²) in [4.78, 5) is 28.9. The van der Waals surface area contributed by atoms with Crippen LogP contribution >= 0.6 is 0 Å². The number of hydrogen-bond acceptors (Lipinski definition) is 5. The second-order valence-corrected chi connectivity index (χ2v) is 6.71. The van der Waals surface area contributed by atoms with Gasteiger partial charge in [-0.15, -0.1) is 0 Å². The first-order valence-corrected chi connectivity index (χ1v) is 8.98. The van der Waals surface area contributed by atoms with E-state index in [0.717, 1.165) is 36.1 Å². The molecule has 27 heavy (non-hydrogen) atoms. The van der Waals surface area contributed by atoms with Crippen LogP contribution in [0.4, 0.5) is 10.2 Å². The molecule has 0 unspecified atom stereocenters. The van der Waals surface area contributed by atoms with Gasteiger partial charge in [0.15, 0.2) is 0 Å². The molecule has 1 atom stereocenters. The Morgan fingerprint density at radius 3 is 2.89 bits per heavy atom. The maximum absolute atomic E-state index is 13.8. The molecule has 1 fully saturated rings. The molecule has 3 rings (SSSR count). The van der Waals surface area contributed by atoms with Crippen LogP contribution in [0.3, 0.4) is 0 Å². The van der Waals surface area contributed by atoms with Crippen LogP contribution in [0.2, 0.25) is 0 Å². The first-order valence-electron chi connectivity index (χ1n) is 8.98. The van der Waals surface area contributed by atoms with Crippen LogP contribution in [0.15, 0.2) is 38.8 Å². The minimum Gasteiger partial charge on any atom is -0.367 e. The Labute approximate surface area is 156 Å². The van der Waals surface area contributed by atoms with Crippen molar-refractivity contribution in [3.8, 4) is 0 Å². The number of aromatic nitrogens is 2. The molecule has 0 bridgehead atoms. The van der Waals surface area contributed by atoms with Crippen molar-refractivity contribution in [3.63, 3.8) is 0 Å².